The zero-order chi connectivity index (χ0) is 34.8. The van der Waals surface area contributed by atoms with E-state index in [9.17, 15) is 22.8 Å². The molecule has 4 aromatic rings. The van der Waals surface area contributed by atoms with Gasteiger partial charge in [0.2, 0.25) is 0 Å². The molecule has 0 saturated heterocycles. The van der Waals surface area contributed by atoms with Crippen molar-refractivity contribution in [1.82, 2.24) is 10.6 Å². The van der Waals surface area contributed by atoms with Crippen molar-refractivity contribution < 1.29 is 43.1 Å². The molecule has 48 heavy (non-hydrogen) atoms. The molecule has 2 amide bonds. The summed E-state index contributed by atoms with van der Waals surface area (Å²) in [6.45, 7) is 0.377. The summed E-state index contributed by atoms with van der Waals surface area (Å²) >= 11 is 12.3. The van der Waals surface area contributed by atoms with Crippen LogP contribution in [0.3, 0.4) is 0 Å². The predicted octanol–water partition coefficient (Wildman–Crippen LogP) is 4.71. The summed E-state index contributed by atoms with van der Waals surface area (Å²) in [6, 6.07) is 30.6. The summed E-state index contributed by atoms with van der Waals surface area (Å²) in [5.41, 5.74) is 10.6. The van der Waals surface area contributed by atoms with E-state index >= 15 is 0 Å². The monoisotopic (exact) mass is 701 g/mol. The van der Waals surface area contributed by atoms with E-state index in [-0.39, 0.29) is 25.0 Å². The Kier molecular flexibility index (Phi) is 12.5. The Balaban J connectivity index is 0.000000671. The Morgan fingerprint density at radius 2 is 1.38 bits per heavy atom. The highest BCUT2D eigenvalue weighted by Crippen LogP contribution is 2.44. The van der Waals surface area contributed by atoms with Gasteiger partial charge in [-0.2, -0.15) is 13.2 Å². The molecule has 0 heterocycles. The van der Waals surface area contributed by atoms with E-state index in [1.807, 2.05) is 60.7 Å². The lowest BCUT2D eigenvalue weighted by molar-refractivity contribution is -0.403. The van der Waals surface area contributed by atoms with E-state index in [0.717, 1.165) is 22.3 Å². The van der Waals surface area contributed by atoms with Crippen LogP contribution in [-0.2, 0) is 27.2 Å². The Bertz CT molecular complexity index is 1690. The average Bonchev–Trinajstić information content (AvgIpc) is 3.38. The van der Waals surface area contributed by atoms with E-state index in [1.54, 1.807) is 12.1 Å². The molecule has 0 unspecified atom stereocenters. The first-order valence-electron chi connectivity index (χ1n) is 14.8. The number of ether oxygens (including phenoxy) is 1. The van der Waals surface area contributed by atoms with Crippen molar-refractivity contribution in [3.63, 3.8) is 0 Å². The van der Waals surface area contributed by atoms with Gasteiger partial charge >= 0.3 is 12.3 Å². The van der Waals surface area contributed by atoms with Gasteiger partial charge in [0.15, 0.2) is 6.04 Å². The van der Waals surface area contributed by atoms with Crippen LogP contribution in [0, 0.1) is 0 Å². The molecular formula is C35H32Cl2F3N3O5. The number of carboxylic acid groups (broad SMARTS) is 1. The molecule has 1 aliphatic carbocycles. The van der Waals surface area contributed by atoms with Crippen molar-refractivity contribution >= 4 is 41.2 Å². The number of fused-ring (bicyclic) bond motifs is 3. The van der Waals surface area contributed by atoms with Crippen LogP contribution in [-0.4, -0.2) is 49.4 Å². The topological polar surface area (TPSA) is 135 Å². The summed E-state index contributed by atoms with van der Waals surface area (Å²) in [6.07, 6.45) is -4.80. The highest BCUT2D eigenvalue weighted by atomic mass is 35.5. The number of halogens is 5. The summed E-state index contributed by atoms with van der Waals surface area (Å²) in [7, 11) is 0. The van der Waals surface area contributed by atoms with Crippen LogP contribution >= 0.6 is 23.2 Å². The zero-order valence-corrected chi connectivity index (χ0v) is 26.9. The third kappa shape index (κ3) is 9.96. The van der Waals surface area contributed by atoms with Gasteiger partial charge in [0.05, 0.1) is 16.1 Å². The van der Waals surface area contributed by atoms with Crippen LogP contribution in [0.15, 0.2) is 97.1 Å². The highest BCUT2D eigenvalue weighted by molar-refractivity contribution is 6.42. The second-order valence-corrected chi connectivity index (χ2v) is 11.9. The maximum absolute atomic E-state index is 13.1. The molecule has 1 aliphatic rings. The molecule has 0 bridgehead atoms. The van der Waals surface area contributed by atoms with Gasteiger partial charge in [0, 0.05) is 18.9 Å². The van der Waals surface area contributed by atoms with Crippen molar-refractivity contribution in [3.8, 4) is 11.1 Å². The zero-order valence-electron chi connectivity index (χ0n) is 25.4. The number of quaternary nitrogens is 1. The number of aliphatic carboxylic acids is 1. The van der Waals surface area contributed by atoms with Crippen LogP contribution < -0.4 is 21.5 Å². The molecule has 0 saturated carbocycles. The maximum Gasteiger partial charge on any atom is 0.430 e. The van der Waals surface area contributed by atoms with Crippen LogP contribution in [0.5, 0.6) is 0 Å². The second-order valence-electron chi connectivity index (χ2n) is 11.0. The standard InChI is InChI=1S/C33H31Cl2N3O3.C2HF3O2/c34-29-15-14-22(17-30(29)35)16-23(38-32(39)31(36)18-21-8-2-1-3-9-21)19-37-33(40)41-20-28-26-12-6-4-10-24(26)25-11-5-7-13-27(25)28;3-2(4,5)1(6)7/h1-15,17,23,28,31H,16,18-20,36H2,(H,37,40)(H,38,39);(H,6,7)/t23-,31+;/m1./s1. The fourth-order valence-electron chi connectivity index (χ4n) is 5.29. The maximum atomic E-state index is 13.1. The molecule has 0 aromatic heterocycles. The number of carbonyl (C=O) groups is 3. The summed E-state index contributed by atoms with van der Waals surface area (Å²) in [4.78, 5) is 34.7. The lowest BCUT2D eigenvalue weighted by atomic mass is 9.98. The Morgan fingerprint density at radius 1 is 0.812 bits per heavy atom. The highest BCUT2D eigenvalue weighted by Gasteiger charge is 2.30. The number of benzene rings is 4. The molecule has 5 N–H and O–H groups in total. The molecular weight excluding hydrogens is 670 g/mol. The number of carboxylic acids is 1. The number of rotatable bonds is 10. The van der Waals surface area contributed by atoms with Crippen molar-refractivity contribution in [2.75, 3.05) is 13.2 Å². The largest absolute Gasteiger partial charge is 0.542 e. The molecule has 2 atom stereocenters. The third-order valence-electron chi connectivity index (χ3n) is 7.58. The number of alkyl halides is 3. The molecule has 5 rings (SSSR count). The minimum Gasteiger partial charge on any atom is -0.542 e. The van der Waals surface area contributed by atoms with E-state index < -0.39 is 30.3 Å². The second kappa shape index (κ2) is 16.5. The van der Waals surface area contributed by atoms with E-state index in [1.165, 1.54) is 11.1 Å². The number of nitrogens with one attached hydrogen (secondary N) is 2. The van der Waals surface area contributed by atoms with E-state index in [0.29, 0.717) is 22.9 Å². The van der Waals surface area contributed by atoms with E-state index in [2.05, 4.69) is 40.6 Å². The summed E-state index contributed by atoms with van der Waals surface area (Å²) in [5.74, 6) is -3.24. The quantitative estimate of drug-likeness (QED) is 0.220. The SMILES string of the molecule is O=C([O-])C(F)(F)F.[NH3+][C@@H](Cc1ccccc1)C(=O)N[C@@H](CNC(=O)OCC1c2ccccc2-c2ccccc21)Cc1ccc(Cl)c(Cl)c1. The smallest absolute Gasteiger partial charge is 0.430 e. The Labute approximate surface area is 285 Å². The molecule has 0 aliphatic heterocycles. The van der Waals surface area contributed by atoms with Gasteiger partial charge in [-0.1, -0.05) is 108 Å². The van der Waals surface area contributed by atoms with Gasteiger partial charge in [-0.15, -0.1) is 0 Å². The van der Waals surface area contributed by atoms with Gasteiger partial charge in [-0.05, 0) is 51.9 Å². The van der Waals surface area contributed by atoms with Crippen LogP contribution in [0.4, 0.5) is 18.0 Å². The molecule has 252 valence electrons. The molecule has 13 heteroatoms. The fourth-order valence-corrected chi connectivity index (χ4v) is 5.61. The number of alkyl carbamates (subject to hydrolysis) is 1. The summed E-state index contributed by atoms with van der Waals surface area (Å²) < 4.78 is 37.2. The number of amides is 2. The number of hydrogen-bond acceptors (Lipinski definition) is 5. The van der Waals surface area contributed by atoms with Crippen LogP contribution in [0.2, 0.25) is 10.0 Å². The number of carbonyl (C=O) groups excluding carboxylic acids is 3. The molecule has 0 spiro atoms. The fraction of sp³-hybridized carbons (Fsp3) is 0.229. The van der Waals surface area contributed by atoms with Gasteiger partial charge < -0.3 is 31.0 Å². The number of hydrogen-bond donors (Lipinski definition) is 3. The molecule has 8 nitrogen and oxygen atoms in total. The average molecular weight is 703 g/mol. The van der Waals surface area contributed by atoms with Gasteiger partial charge in [-0.3, -0.25) is 4.79 Å². The van der Waals surface area contributed by atoms with Crippen LogP contribution in [0.1, 0.15) is 28.2 Å². The first kappa shape index (κ1) is 36.3. The minimum atomic E-state index is -5.19. The van der Waals surface area contributed by atoms with Crippen molar-refractivity contribution in [2.24, 2.45) is 0 Å². The van der Waals surface area contributed by atoms with Gasteiger partial charge in [0.1, 0.15) is 12.6 Å². The Morgan fingerprint density at radius 3 is 1.94 bits per heavy atom. The third-order valence-corrected chi connectivity index (χ3v) is 8.32. The lowest BCUT2D eigenvalue weighted by Gasteiger charge is -2.21. The van der Waals surface area contributed by atoms with Crippen molar-refractivity contribution in [3.05, 3.63) is 129 Å². The molecule has 4 aromatic carbocycles. The molecule has 0 fully saturated rings. The normalized spacial score (nSPS) is 13.2. The van der Waals surface area contributed by atoms with E-state index in [4.69, 9.17) is 37.8 Å². The van der Waals surface area contributed by atoms with Gasteiger partial charge in [-0.25, -0.2) is 4.79 Å². The van der Waals surface area contributed by atoms with Gasteiger partial charge in [0.25, 0.3) is 5.91 Å². The molecule has 0 radical (unpaired) electrons. The Hall–Kier alpha value is -4.58. The van der Waals surface area contributed by atoms with Crippen molar-refractivity contribution in [2.45, 2.75) is 37.0 Å². The van der Waals surface area contributed by atoms with Crippen LogP contribution in [0.25, 0.3) is 11.1 Å². The van der Waals surface area contributed by atoms with Crippen molar-refractivity contribution in [1.29, 1.82) is 0 Å². The first-order chi connectivity index (χ1) is 22.8. The summed E-state index contributed by atoms with van der Waals surface area (Å²) in [5, 5.41) is 15.6. The first-order valence-corrected chi connectivity index (χ1v) is 15.6. The minimum absolute atomic E-state index is 0.0373. The lowest BCUT2D eigenvalue weighted by Crippen LogP contribution is -2.69. The predicted molar refractivity (Wildman–Crippen MR) is 173 cm³/mol.